The van der Waals surface area contributed by atoms with Crippen LogP contribution in [0.4, 0.5) is 0 Å². The normalized spacial score (nSPS) is 18.8. The average molecular weight is 306 g/mol. The number of nitrogens with one attached hydrogen (secondary N) is 1. The zero-order valence-electron chi connectivity index (χ0n) is 9.91. The van der Waals surface area contributed by atoms with E-state index >= 15 is 0 Å². The molecule has 0 aliphatic carbocycles. The van der Waals surface area contributed by atoms with Gasteiger partial charge in [0.25, 0.3) is 0 Å². The van der Waals surface area contributed by atoms with E-state index in [-0.39, 0.29) is 24.8 Å². The van der Waals surface area contributed by atoms with Crippen molar-refractivity contribution < 1.29 is 0 Å². The third-order valence-corrected chi connectivity index (χ3v) is 3.94. The van der Waals surface area contributed by atoms with Crippen LogP contribution in [-0.2, 0) is 0 Å². The topological polar surface area (TPSA) is 29.9 Å². The molecule has 1 fully saturated rings. The van der Waals surface area contributed by atoms with Gasteiger partial charge in [-0.05, 0) is 30.8 Å². The van der Waals surface area contributed by atoms with Crippen molar-refractivity contribution in [3.05, 3.63) is 29.9 Å². The molecule has 1 N–H and O–H groups in total. The molecule has 2 aromatic heterocycles. The zero-order chi connectivity index (χ0) is 10.8. The van der Waals surface area contributed by atoms with E-state index in [1.807, 2.05) is 6.20 Å². The number of hydrogen-bond acceptors (Lipinski definition) is 3. The van der Waals surface area contributed by atoms with E-state index in [0.29, 0.717) is 6.04 Å². The molecule has 0 unspecified atom stereocenters. The highest BCUT2D eigenvalue weighted by molar-refractivity contribution is 7.13. The minimum atomic E-state index is 0. The van der Waals surface area contributed by atoms with Gasteiger partial charge in [-0.1, -0.05) is 6.07 Å². The van der Waals surface area contributed by atoms with E-state index in [0.717, 1.165) is 18.9 Å². The van der Waals surface area contributed by atoms with E-state index in [2.05, 4.69) is 38.6 Å². The fourth-order valence-electron chi connectivity index (χ4n) is 2.28. The summed E-state index contributed by atoms with van der Waals surface area (Å²) in [5.41, 5.74) is 0. The molecule has 3 heterocycles. The summed E-state index contributed by atoms with van der Waals surface area (Å²) in [6.45, 7) is 2.22. The van der Waals surface area contributed by atoms with Gasteiger partial charge in [0.1, 0.15) is 5.82 Å². The number of halogens is 2. The van der Waals surface area contributed by atoms with Crippen LogP contribution >= 0.6 is 36.2 Å². The second-order valence-electron chi connectivity index (χ2n) is 4.14. The molecule has 1 saturated heterocycles. The SMILES string of the molecule is Cl.Cl.c1csc(-c2nccn2[C@@H]2CCCNC2)c1. The summed E-state index contributed by atoms with van der Waals surface area (Å²) in [6, 6.07) is 4.78. The van der Waals surface area contributed by atoms with Gasteiger partial charge in [-0.25, -0.2) is 4.98 Å². The average Bonchev–Trinajstić information content (AvgIpc) is 3.01. The molecule has 100 valence electrons. The molecular weight excluding hydrogens is 289 g/mol. The maximum Gasteiger partial charge on any atom is 0.150 e. The number of imidazole rings is 1. The van der Waals surface area contributed by atoms with Gasteiger partial charge in [0, 0.05) is 25.0 Å². The predicted octanol–water partition coefficient (Wildman–Crippen LogP) is 3.38. The van der Waals surface area contributed by atoms with E-state index in [1.165, 1.54) is 17.7 Å². The summed E-state index contributed by atoms with van der Waals surface area (Å²) in [5.74, 6) is 1.11. The number of rotatable bonds is 2. The van der Waals surface area contributed by atoms with Crippen LogP contribution in [-0.4, -0.2) is 22.6 Å². The van der Waals surface area contributed by atoms with Crippen LogP contribution in [0.5, 0.6) is 0 Å². The van der Waals surface area contributed by atoms with E-state index in [9.17, 15) is 0 Å². The van der Waals surface area contributed by atoms with Crippen LogP contribution < -0.4 is 5.32 Å². The molecule has 2 aromatic rings. The molecule has 0 spiro atoms. The molecule has 1 aliphatic heterocycles. The second kappa shape index (κ2) is 7.14. The molecule has 3 rings (SSSR count). The summed E-state index contributed by atoms with van der Waals surface area (Å²) < 4.78 is 2.32. The van der Waals surface area contributed by atoms with Gasteiger partial charge < -0.3 is 9.88 Å². The van der Waals surface area contributed by atoms with Crippen molar-refractivity contribution in [2.24, 2.45) is 0 Å². The highest BCUT2D eigenvalue weighted by atomic mass is 35.5. The fourth-order valence-corrected chi connectivity index (χ4v) is 3.00. The van der Waals surface area contributed by atoms with Crippen molar-refractivity contribution >= 4 is 36.2 Å². The number of aromatic nitrogens is 2. The Morgan fingerprint density at radius 3 is 2.94 bits per heavy atom. The van der Waals surface area contributed by atoms with E-state index in [4.69, 9.17) is 0 Å². The van der Waals surface area contributed by atoms with Gasteiger partial charge in [-0.2, -0.15) is 0 Å². The first-order chi connectivity index (χ1) is 7.95. The largest absolute Gasteiger partial charge is 0.326 e. The minimum absolute atomic E-state index is 0. The Kier molecular flexibility index (Phi) is 6.15. The standard InChI is InChI=1S/C12H15N3S.2ClH/c1-3-10(9-13-5-1)15-7-6-14-12(15)11-4-2-8-16-11;;/h2,4,6-8,10,13H,1,3,5,9H2;2*1H/t10-;;/m1../s1. The second-order valence-corrected chi connectivity index (χ2v) is 5.08. The highest BCUT2D eigenvalue weighted by Crippen LogP contribution is 2.27. The van der Waals surface area contributed by atoms with E-state index in [1.54, 1.807) is 11.3 Å². The molecule has 0 bridgehead atoms. The Morgan fingerprint density at radius 2 is 2.28 bits per heavy atom. The smallest absolute Gasteiger partial charge is 0.150 e. The Morgan fingerprint density at radius 1 is 1.39 bits per heavy atom. The lowest BCUT2D eigenvalue weighted by molar-refractivity contribution is 0.374. The fraction of sp³-hybridized carbons (Fsp3) is 0.417. The first-order valence-electron chi connectivity index (χ1n) is 5.72. The van der Waals surface area contributed by atoms with Gasteiger partial charge in [0.15, 0.2) is 0 Å². The first kappa shape index (κ1) is 15.5. The summed E-state index contributed by atoms with van der Waals surface area (Å²) in [6.07, 6.45) is 6.52. The third-order valence-electron chi connectivity index (χ3n) is 3.07. The molecule has 6 heteroatoms. The molecule has 3 nitrogen and oxygen atoms in total. The van der Waals surface area contributed by atoms with Crippen molar-refractivity contribution in [1.29, 1.82) is 0 Å². The van der Waals surface area contributed by atoms with E-state index < -0.39 is 0 Å². The van der Waals surface area contributed by atoms with Crippen LogP contribution in [0.25, 0.3) is 10.7 Å². The Hall–Kier alpha value is -0.550. The summed E-state index contributed by atoms with van der Waals surface area (Å²) in [7, 11) is 0. The van der Waals surface area contributed by atoms with Crippen LogP contribution in [0.15, 0.2) is 29.9 Å². The summed E-state index contributed by atoms with van der Waals surface area (Å²) >= 11 is 1.76. The number of piperidine rings is 1. The predicted molar refractivity (Wildman–Crippen MR) is 81.2 cm³/mol. The third kappa shape index (κ3) is 3.06. The van der Waals surface area contributed by atoms with Crippen LogP contribution in [0.2, 0.25) is 0 Å². The van der Waals surface area contributed by atoms with Crippen molar-refractivity contribution in [3.63, 3.8) is 0 Å². The minimum Gasteiger partial charge on any atom is -0.326 e. The Balaban J connectivity index is 0.000000810. The van der Waals surface area contributed by atoms with Gasteiger partial charge in [-0.3, -0.25) is 0 Å². The molecule has 0 aromatic carbocycles. The molecule has 0 radical (unpaired) electrons. The Labute approximate surface area is 123 Å². The lowest BCUT2D eigenvalue weighted by atomic mass is 10.1. The van der Waals surface area contributed by atoms with Crippen molar-refractivity contribution in [2.45, 2.75) is 18.9 Å². The number of nitrogens with zero attached hydrogens (tertiary/aromatic N) is 2. The van der Waals surface area contributed by atoms with Crippen LogP contribution in [0, 0.1) is 0 Å². The van der Waals surface area contributed by atoms with Crippen molar-refractivity contribution in [3.8, 4) is 10.7 Å². The van der Waals surface area contributed by atoms with Gasteiger partial charge in [0.05, 0.1) is 4.88 Å². The van der Waals surface area contributed by atoms with Crippen molar-refractivity contribution in [1.82, 2.24) is 14.9 Å². The molecule has 18 heavy (non-hydrogen) atoms. The monoisotopic (exact) mass is 305 g/mol. The van der Waals surface area contributed by atoms with Crippen LogP contribution in [0.1, 0.15) is 18.9 Å². The molecule has 1 atom stereocenters. The maximum absolute atomic E-state index is 4.48. The van der Waals surface area contributed by atoms with Gasteiger partial charge >= 0.3 is 0 Å². The first-order valence-corrected chi connectivity index (χ1v) is 6.60. The quantitative estimate of drug-likeness (QED) is 0.922. The maximum atomic E-state index is 4.48. The van der Waals surface area contributed by atoms with Crippen molar-refractivity contribution in [2.75, 3.05) is 13.1 Å². The molecular formula is C12H17Cl2N3S. The number of hydrogen-bond donors (Lipinski definition) is 1. The Bertz CT molecular complexity index is 450. The molecule has 1 aliphatic rings. The summed E-state index contributed by atoms with van der Waals surface area (Å²) in [4.78, 5) is 5.74. The summed E-state index contributed by atoms with van der Waals surface area (Å²) in [5, 5.41) is 5.56. The lowest BCUT2D eigenvalue weighted by Gasteiger charge is -2.25. The molecule has 0 saturated carbocycles. The van der Waals surface area contributed by atoms with Gasteiger partial charge in [0.2, 0.25) is 0 Å². The number of thiophene rings is 1. The van der Waals surface area contributed by atoms with Gasteiger partial charge in [-0.15, -0.1) is 36.2 Å². The van der Waals surface area contributed by atoms with Crippen LogP contribution in [0.3, 0.4) is 0 Å². The highest BCUT2D eigenvalue weighted by Gasteiger charge is 2.18. The zero-order valence-corrected chi connectivity index (χ0v) is 12.4. The molecule has 0 amide bonds. The lowest BCUT2D eigenvalue weighted by Crippen LogP contribution is -2.31.